The van der Waals surface area contributed by atoms with Crippen molar-refractivity contribution in [1.29, 1.82) is 0 Å². The molecule has 0 amide bonds. The molecule has 0 saturated carbocycles. The lowest BCUT2D eigenvalue weighted by atomic mass is 9.94. The van der Waals surface area contributed by atoms with Crippen molar-refractivity contribution in [2.75, 3.05) is 33.8 Å². The Hall–Kier alpha value is -3.32. The second-order valence-electron chi connectivity index (χ2n) is 8.60. The van der Waals surface area contributed by atoms with Gasteiger partial charge >= 0.3 is 0 Å². The van der Waals surface area contributed by atoms with Crippen molar-refractivity contribution in [2.24, 2.45) is 5.10 Å². The molecule has 0 bridgehead atoms. The van der Waals surface area contributed by atoms with Crippen molar-refractivity contribution in [3.05, 3.63) is 65.2 Å². The van der Waals surface area contributed by atoms with Crippen LogP contribution in [0.5, 0.6) is 5.88 Å². The molecular weight excluding hydrogens is 400 g/mol. The first kappa shape index (κ1) is 20.6. The smallest absolute Gasteiger partial charge is 0.232 e. The average Bonchev–Trinajstić information content (AvgIpc) is 3.26. The van der Waals surface area contributed by atoms with Crippen LogP contribution in [0.1, 0.15) is 36.2 Å². The lowest BCUT2D eigenvalue weighted by Gasteiger charge is -2.26. The molecule has 7 nitrogen and oxygen atoms in total. The molecule has 1 saturated heterocycles. The van der Waals surface area contributed by atoms with Crippen molar-refractivity contribution >= 4 is 22.3 Å². The minimum Gasteiger partial charge on any atom is -0.475 e. The van der Waals surface area contributed by atoms with E-state index in [0.717, 1.165) is 60.5 Å². The SMILES string of the molecule is Cc1cccc(C2=NN3CCCC3=C(c3ccc4ncc(OCCN(C)C)nc4c3)C2)n1. The van der Waals surface area contributed by atoms with Gasteiger partial charge in [-0.25, -0.2) is 9.97 Å². The Bertz CT molecular complexity index is 1220. The van der Waals surface area contributed by atoms with Crippen LogP contribution in [0.25, 0.3) is 16.6 Å². The van der Waals surface area contributed by atoms with Crippen LogP contribution in [-0.2, 0) is 0 Å². The fourth-order valence-corrected chi connectivity index (χ4v) is 4.23. The van der Waals surface area contributed by atoms with Gasteiger partial charge in [0.1, 0.15) is 6.61 Å². The van der Waals surface area contributed by atoms with Crippen LogP contribution in [0, 0.1) is 6.92 Å². The molecule has 1 aromatic carbocycles. The van der Waals surface area contributed by atoms with Gasteiger partial charge in [-0.1, -0.05) is 12.1 Å². The predicted molar refractivity (Wildman–Crippen MR) is 127 cm³/mol. The molecule has 32 heavy (non-hydrogen) atoms. The van der Waals surface area contributed by atoms with Gasteiger partial charge in [0.15, 0.2) is 0 Å². The first-order chi connectivity index (χ1) is 15.6. The van der Waals surface area contributed by atoms with Gasteiger partial charge in [-0.3, -0.25) is 9.99 Å². The summed E-state index contributed by atoms with van der Waals surface area (Å²) in [7, 11) is 4.05. The number of hydrazone groups is 1. The first-order valence-electron chi connectivity index (χ1n) is 11.1. The molecule has 1 fully saturated rings. The molecule has 7 heteroatoms. The van der Waals surface area contributed by atoms with E-state index in [1.165, 1.54) is 16.8 Å². The highest BCUT2D eigenvalue weighted by molar-refractivity contribution is 6.06. The van der Waals surface area contributed by atoms with Gasteiger partial charge in [0.2, 0.25) is 5.88 Å². The number of likely N-dealkylation sites (N-methyl/N-ethyl adjacent to an activating group) is 1. The Labute approximate surface area is 188 Å². The molecule has 4 heterocycles. The van der Waals surface area contributed by atoms with Crippen LogP contribution in [0.4, 0.5) is 0 Å². The third-order valence-corrected chi connectivity index (χ3v) is 5.87. The Morgan fingerprint density at radius 1 is 1.09 bits per heavy atom. The second-order valence-corrected chi connectivity index (χ2v) is 8.60. The molecule has 2 aromatic heterocycles. The second kappa shape index (κ2) is 8.67. The van der Waals surface area contributed by atoms with Crippen LogP contribution >= 0.6 is 0 Å². The number of ether oxygens (including phenoxy) is 1. The van der Waals surface area contributed by atoms with E-state index in [1.807, 2.05) is 45.3 Å². The van der Waals surface area contributed by atoms with Crippen molar-refractivity contribution in [3.63, 3.8) is 0 Å². The third-order valence-electron chi connectivity index (χ3n) is 5.87. The molecule has 5 rings (SSSR count). The van der Waals surface area contributed by atoms with Gasteiger partial charge in [-0.05, 0) is 69.3 Å². The minimum atomic E-state index is 0.562. The van der Waals surface area contributed by atoms with Crippen LogP contribution < -0.4 is 4.74 Å². The summed E-state index contributed by atoms with van der Waals surface area (Å²) in [6, 6.07) is 12.4. The summed E-state index contributed by atoms with van der Waals surface area (Å²) < 4.78 is 5.80. The molecule has 0 aliphatic carbocycles. The quantitative estimate of drug-likeness (QED) is 0.593. The zero-order valence-electron chi connectivity index (χ0n) is 18.9. The fraction of sp³-hybridized carbons (Fsp3) is 0.360. The van der Waals surface area contributed by atoms with Crippen LogP contribution in [-0.4, -0.2) is 64.4 Å². The normalized spacial score (nSPS) is 16.0. The van der Waals surface area contributed by atoms with E-state index in [-0.39, 0.29) is 0 Å². The average molecular weight is 429 g/mol. The lowest BCUT2D eigenvalue weighted by molar-refractivity contribution is 0.254. The van der Waals surface area contributed by atoms with Crippen LogP contribution in [0.2, 0.25) is 0 Å². The number of hydrogen-bond donors (Lipinski definition) is 0. The van der Waals surface area contributed by atoms with E-state index in [1.54, 1.807) is 6.20 Å². The summed E-state index contributed by atoms with van der Waals surface area (Å²) in [5.74, 6) is 0.562. The Morgan fingerprint density at radius 3 is 2.84 bits per heavy atom. The zero-order valence-corrected chi connectivity index (χ0v) is 18.9. The van der Waals surface area contributed by atoms with Crippen LogP contribution in [0.3, 0.4) is 0 Å². The number of nitrogens with zero attached hydrogens (tertiary/aromatic N) is 6. The highest BCUT2D eigenvalue weighted by Gasteiger charge is 2.28. The fourth-order valence-electron chi connectivity index (χ4n) is 4.23. The summed E-state index contributed by atoms with van der Waals surface area (Å²) in [5, 5.41) is 7.09. The van der Waals surface area contributed by atoms with E-state index >= 15 is 0 Å². The number of fused-ring (bicyclic) bond motifs is 2. The summed E-state index contributed by atoms with van der Waals surface area (Å²) in [5.41, 5.74) is 8.47. The first-order valence-corrected chi connectivity index (χ1v) is 11.1. The van der Waals surface area contributed by atoms with Crippen molar-refractivity contribution in [1.82, 2.24) is 24.9 Å². The van der Waals surface area contributed by atoms with Crippen molar-refractivity contribution < 1.29 is 4.74 Å². The van der Waals surface area contributed by atoms with Crippen LogP contribution in [0.15, 0.2) is 53.4 Å². The lowest BCUT2D eigenvalue weighted by Crippen LogP contribution is -2.22. The molecule has 0 N–H and O–H groups in total. The van der Waals surface area contributed by atoms with Gasteiger partial charge in [0.05, 0.1) is 28.6 Å². The highest BCUT2D eigenvalue weighted by atomic mass is 16.5. The molecule has 3 aromatic rings. The van der Waals surface area contributed by atoms with E-state index < -0.39 is 0 Å². The Morgan fingerprint density at radius 2 is 2.00 bits per heavy atom. The van der Waals surface area contributed by atoms with E-state index in [9.17, 15) is 0 Å². The summed E-state index contributed by atoms with van der Waals surface area (Å²) in [4.78, 5) is 16.1. The number of aromatic nitrogens is 3. The van der Waals surface area contributed by atoms with Gasteiger partial charge in [-0.2, -0.15) is 5.10 Å². The van der Waals surface area contributed by atoms with E-state index in [0.29, 0.717) is 12.5 Å². The monoisotopic (exact) mass is 428 g/mol. The zero-order chi connectivity index (χ0) is 22.1. The minimum absolute atomic E-state index is 0.562. The number of benzene rings is 1. The highest BCUT2D eigenvalue weighted by Crippen LogP contribution is 2.37. The molecule has 0 atom stereocenters. The molecular formula is C25H28N6O. The summed E-state index contributed by atoms with van der Waals surface area (Å²) in [6.07, 6.45) is 4.63. The summed E-state index contributed by atoms with van der Waals surface area (Å²) >= 11 is 0. The molecule has 0 unspecified atom stereocenters. The largest absolute Gasteiger partial charge is 0.475 e. The number of rotatable bonds is 6. The maximum absolute atomic E-state index is 5.80. The number of pyridine rings is 1. The maximum Gasteiger partial charge on any atom is 0.232 e. The van der Waals surface area contributed by atoms with Gasteiger partial charge in [-0.15, -0.1) is 0 Å². The third kappa shape index (κ3) is 4.21. The standard InChI is InChI=1S/C25H28N6O/c1-17-6-4-7-21(27-17)23-15-19(24-8-5-11-31(24)29-23)18-9-10-20-22(14-18)28-25(16-26-20)32-13-12-30(2)3/h4,6-7,9-10,14,16H,5,8,11-13,15H2,1-3H3. The maximum atomic E-state index is 5.80. The van der Waals surface area contributed by atoms with Gasteiger partial charge < -0.3 is 9.64 Å². The van der Waals surface area contributed by atoms with E-state index in [2.05, 4.69) is 27.0 Å². The van der Waals surface area contributed by atoms with Gasteiger partial charge in [0, 0.05) is 30.9 Å². The molecule has 164 valence electrons. The van der Waals surface area contributed by atoms with Crippen molar-refractivity contribution in [2.45, 2.75) is 26.2 Å². The Balaban J connectivity index is 1.47. The molecule has 0 spiro atoms. The van der Waals surface area contributed by atoms with E-state index in [4.69, 9.17) is 19.8 Å². The van der Waals surface area contributed by atoms with Gasteiger partial charge in [0.25, 0.3) is 0 Å². The number of allylic oxidation sites excluding steroid dienone is 2. The predicted octanol–water partition coefficient (Wildman–Crippen LogP) is 3.89. The number of aryl methyl sites for hydroxylation is 1. The summed E-state index contributed by atoms with van der Waals surface area (Å²) in [6.45, 7) is 4.39. The Kier molecular flexibility index (Phi) is 5.57. The molecule has 2 aliphatic rings. The molecule has 0 radical (unpaired) electrons. The number of hydrogen-bond acceptors (Lipinski definition) is 7. The van der Waals surface area contributed by atoms with Crippen molar-refractivity contribution in [3.8, 4) is 5.88 Å². The molecule has 2 aliphatic heterocycles. The topological polar surface area (TPSA) is 66.7 Å².